The summed E-state index contributed by atoms with van der Waals surface area (Å²) >= 11 is 6.22. The zero-order valence-corrected chi connectivity index (χ0v) is 16.0. The number of H-pyrrole nitrogens is 1. The van der Waals surface area contributed by atoms with Crippen molar-refractivity contribution in [2.24, 2.45) is 0 Å². The molecule has 1 aromatic heterocycles. The molecule has 0 aliphatic heterocycles. The van der Waals surface area contributed by atoms with Gasteiger partial charge in [-0.2, -0.15) is 0 Å². The molecule has 2 unspecified atom stereocenters. The summed E-state index contributed by atoms with van der Waals surface area (Å²) < 4.78 is 0. The molecule has 0 radical (unpaired) electrons. The number of amides is 2. The highest BCUT2D eigenvalue weighted by Crippen LogP contribution is 2.23. The molecule has 6 heteroatoms. The quantitative estimate of drug-likeness (QED) is 0.606. The fourth-order valence-electron chi connectivity index (χ4n) is 3.19. The molecule has 3 aromatic rings. The van der Waals surface area contributed by atoms with Crippen molar-refractivity contribution >= 4 is 34.3 Å². The number of aromatic nitrogens is 1. The van der Waals surface area contributed by atoms with E-state index in [0.717, 1.165) is 22.0 Å². The Balaban J connectivity index is 1.78. The molecule has 3 rings (SSSR count). The van der Waals surface area contributed by atoms with Gasteiger partial charge in [-0.15, -0.1) is 0 Å². The third kappa shape index (κ3) is 4.49. The average molecular weight is 384 g/mol. The Labute approximate surface area is 163 Å². The lowest BCUT2D eigenvalue weighted by Crippen LogP contribution is -2.48. The smallest absolute Gasteiger partial charge is 0.243 e. The maximum Gasteiger partial charge on any atom is 0.243 e. The molecule has 140 valence electrons. The molecule has 27 heavy (non-hydrogen) atoms. The first-order chi connectivity index (χ1) is 13.0. The van der Waals surface area contributed by atoms with Crippen LogP contribution in [0.4, 0.5) is 0 Å². The van der Waals surface area contributed by atoms with Crippen molar-refractivity contribution in [1.82, 2.24) is 15.6 Å². The third-order valence-corrected chi connectivity index (χ3v) is 4.87. The van der Waals surface area contributed by atoms with Crippen LogP contribution >= 0.6 is 11.6 Å². The fraction of sp³-hybridized carbons (Fsp3) is 0.238. The molecule has 0 aliphatic rings. The van der Waals surface area contributed by atoms with E-state index in [1.165, 1.54) is 6.92 Å². The first kappa shape index (κ1) is 19.0. The predicted octanol–water partition coefficient (Wildman–Crippen LogP) is 3.75. The van der Waals surface area contributed by atoms with E-state index in [9.17, 15) is 9.59 Å². The van der Waals surface area contributed by atoms with Crippen LogP contribution in [0, 0.1) is 0 Å². The lowest BCUT2D eigenvalue weighted by atomic mass is 10.0. The number of carbonyl (C=O) groups is 2. The number of hydrogen-bond donors (Lipinski definition) is 3. The molecule has 0 spiro atoms. The summed E-state index contributed by atoms with van der Waals surface area (Å²) in [6.45, 7) is 3.28. The predicted molar refractivity (Wildman–Crippen MR) is 108 cm³/mol. The van der Waals surface area contributed by atoms with Gasteiger partial charge in [-0.3, -0.25) is 9.59 Å². The minimum absolute atomic E-state index is 0.247. The van der Waals surface area contributed by atoms with E-state index < -0.39 is 6.04 Å². The number of para-hydroxylation sites is 1. The summed E-state index contributed by atoms with van der Waals surface area (Å²) in [6.07, 6.45) is 2.27. The standard InChI is InChI=1S/C21H22ClN3O2/c1-13(16-7-3-5-9-18(16)22)24-21(27)20(25-14(2)26)11-15-12-23-19-10-6-4-8-17(15)19/h3-10,12-13,20,23H,11H2,1-2H3,(H,24,27)(H,25,26). The number of benzene rings is 2. The summed E-state index contributed by atoms with van der Waals surface area (Å²) in [5.41, 5.74) is 2.81. The molecule has 0 saturated carbocycles. The molecule has 0 fully saturated rings. The second-order valence-electron chi connectivity index (χ2n) is 6.57. The van der Waals surface area contributed by atoms with Crippen LogP contribution in [0.25, 0.3) is 10.9 Å². The summed E-state index contributed by atoms with van der Waals surface area (Å²) in [6, 6.07) is 14.3. The molecule has 0 aliphatic carbocycles. The summed E-state index contributed by atoms with van der Waals surface area (Å²) in [7, 11) is 0. The van der Waals surface area contributed by atoms with E-state index in [1.54, 1.807) is 6.07 Å². The van der Waals surface area contributed by atoms with Gasteiger partial charge in [-0.1, -0.05) is 48.0 Å². The Bertz CT molecular complexity index is 967. The van der Waals surface area contributed by atoms with E-state index in [4.69, 9.17) is 11.6 Å². The highest BCUT2D eigenvalue weighted by molar-refractivity contribution is 6.31. The van der Waals surface area contributed by atoms with E-state index >= 15 is 0 Å². The van der Waals surface area contributed by atoms with E-state index in [0.29, 0.717) is 11.4 Å². The zero-order valence-electron chi connectivity index (χ0n) is 15.3. The molecule has 0 bridgehead atoms. The second kappa shape index (κ2) is 8.27. The largest absolute Gasteiger partial charge is 0.361 e. The minimum atomic E-state index is -0.674. The number of halogens is 1. The Kier molecular flexibility index (Phi) is 5.81. The van der Waals surface area contributed by atoms with Crippen LogP contribution in [0.5, 0.6) is 0 Å². The van der Waals surface area contributed by atoms with Crippen molar-refractivity contribution in [3.05, 3.63) is 70.9 Å². The van der Waals surface area contributed by atoms with Crippen LogP contribution in [0.3, 0.4) is 0 Å². The number of hydrogen-bond acceptors (Lipinski definition) is 2. The van der Waals surface area contributed by atoms with Crippen molar-refractivity contribution in [1.29, 1.82) is 0 Å². The van der Waals surface area contributed by atoms with Crippen LogP contribution in [-0.4, -0.2) is 22.8 Å². The Morgan fingerprint density at radius 3 is 2.52 bits per heavy atom. The van der Waals surface area contributed by atoms with Gasteiger partial charge in [0.1, 0.15) is 6.04 Å². The third-order valence-electron chi connectivity index (χ3n) is 4.52. The second-order valence-corrected chi connectivity index (χ2v) is 6.98. The molecule has 2 amide bonds. The number of carbonyl (C=O) groups excluding carboxylic acids is 2. The van der Waals surface area contributed by atoms with Gasteiger partial charge in [-0.05, 0) is 30.2 Å². The van der Waals surface area contributed by atoms with Crippen molar-refractivity contribution in [2.45, 2.75) is 32.4 Å². The Morgan fingerprint density at radius 2 is 1.78 bits per heavy atom. The summed E-state index contributed by atoms with van der Waals surface area (Å²) in [5.74, 6) is -0.497. The van der Waals surface area contributed by atoms with Gasteiger partial charge >= 0.3 is 0 Å². The molecule has 5 nitrogen and oxygen atoms in total. The number of nitrogens with one attached hydrogen (secondary N) is 3. The lowest BCUT2D eigenvalue weighted by molar-refractivity contribution is -0.128. The monoisotopic (exact) mass is 383 g/mol. The SMILES string of the molecule is CC(=O)NC(Cc1c[nH]c2ccccc12)C(=O)NC(C)c1ccccc1Cl. The fourth-order valence-corrected chi connectivity index (χ4v) is 3.49. The topological polar surface area (TPSA) is 74.0 Å². The first-order valence-electron chi connectivity index (χ1n) is 8.82. The van der Waals surface area contributed by atoms with Gasteiger partial charge in [0.05, 0.1) is 6.04 Å². The number of fused-ring (bicyclic) bond motifs is 1. The molecular formula is C21H22ClN3O2. The molecule has 3 N–H and O–H groups in total. The van der Waals surface area contributed by atoms with Crippen LogP contribution in [0.15, 0.2) is 54.7 Å². The van der Waals surface area contributed by atoms with Crippen LogP contribution in [0.1, 0.15) is 31.0 Å². The highest BCUT2D eigenvalue weighted by Gasteiger charge is 2.23. The Morgan fingerprint density at radius 1 is 1.07 bits per heavy atom. The summed E-state index contributed by atoms with van der Waals surface area (Å²) in [4.78, 5) is 27.7. The zero-order chi connectivity index (χ0) is 19.4. The molecular weight excluding hydrogens is 362 g/mol. The van der Waals surface area contributed by atoms with E-state index in [-0.39, 0.29) is 17.9 Å². The van der Waals surface area contributed by atoms with E-state index in [1.807, 2.05) is 55.6 Å². The van der Waals surface area contributed by atoms with E-state index in [2.05, 4.69) is 15.6 Å². The van der Waals surface area contributed by atoms with Gasteiger partial charge in [0.2, 0.25) is 11.8 Å². The minimum Gasteiger partial charge on any atom is -0.361 e. The lowest BCUT2D eigenvalue weighted by Gasteiger charge is -2.21. The average Bonchev–Trinajstić information content (AvgIpc) is 3.04. The summed E-state index contributed by atoms with van der Waals surface area (Å²) in [5, 5.41) is 7.35. The van der Waals surface area contributed by atoms with Gasteiger partial charge in [-0.25, -0.2) is 0 Å². The van der Waals surface area contributed by atoms with Gasteiger partial charge in [0.25, 0.3) is 0 Å². The molecule has 2 atom stereocenters. The van der Waals surface area contributed by atoms with Gasteiger partial charge < -0.3 is 15.6 Å². The molecule has 1 heterocycles. The van der Waals surface area contributed by atoms with Gasteiger partial charge in [0, 0.05) is 35.5 Å². The normalized spacial score (nSPS) is 13.1. The van der Waals surface area contributed by atoms with Crippen LogP contribution < -0.4 is 10.6 Å². The maximum atomic E-state index is 12.9. The van der Waals surface area contributed by atoms with Crippen LogP contribution in [-0.2, 0) is 16.0 Å². The maximum absolute atomic E-state index is 12.9. The molecule has 2 aromatic carbocycles. The van der Waals surface area contributed by atoms with Crippen molar-refractivity contribution < 1.29 is 9.59 Å². The van der Waals surface area contributed by atoms with Crippen molar-refractivity contribution in [2.75, 3.05) is 0 Å². The molecule has 0 saturated heterocycles. The highest BCUT2D eigenvalue weighted by atomic mass is 35.5. The number of aromatic amines is 1. The Hall–Kier alpha value is -2.79. The van der Waals surface area contributed by atoms with Gasteiger partial charge in [0.15, 0.2) is 0 Å². The van der Waals surface area contributed by atoms with Crippen LogP contribution in [0.2, 0.25) is 5.02 Å². The first-order valence-corrected chi connectivity index (χ1v) is 9.20. The van der Waals surface area contributed by atoms with Crippen molar-refractivity contribution in [3.63, 3.8) is 0 Å². The van der Waals surface area contributed by atoms with Crippen molar-refractivity contribution in [3.8, 4) is 0 Å². The number of rotatable bonds is 6.